The predicted molar refractivity (Wildman–Crippen MR) is 109 cm³/mol. The minimum Gasteiger partial charge on any atom is -0.332 e. The van der Waals surface area contributed by atoms with E-state index >= 15 is 0 Å². The van der Waals surface area contributed by atoms with Crippen molar-refractivity contribution in [3.8, 4) is 16.8 Å². The van der Waals surface area contributed by atoms with Crippen molar-refractivity contribution in [2.45, 2.75) is 13.8 Å². The van der Waals surface area contributed by atoms with Gasteiger partial charge in [0, 0.05) is 23.6 Å². The number of nitriles is 1. The van der Waals surface area contributed by atoms with E-state index in [1.54, 1.807) is 30.5 Å². The van der Waals surface area contributed by atoms with Crippen molar-refractivity contribution in [2.24, 2.45) is 0 Å². The summed E-state index contributed by atoms with van der Waals surface area (Å²) in [4.78, 5) is 21.8. The highest BCUT2D eigenvalue weighted by Crippen LogP contribution is 2.33. The monoisotopic (exact) mass is 388 g/mol. The van der Waals surface area contributed by atoms with E-state index in [1.807, 2.05) is 25.3 Å². The van der Waals surface area contributed by atoms with Crippen molar-refractivity contribution in [2.75, 3.05) is 5.32 Å². The van der Waals surface area contributed by atoms with E-state index in [0.717, 1.165) is 38.3 Å². The van der Waals surface area contributed by atoms with Gasteiger partial charge in [0.25, 0.3) is 5.91 Å². The van der Waals surface area contributed by atoms with E-state index in [0.29, 0.717) is 5.56 Å². The van der Waals surface area contributed by atoms with E-state index < -0.39 is 5.91 Å². The van der Waals surface area contributed by atoms with E-state index in [4.69, 9.17) is 5.26 Å². The predicted octanol–water partition coefficient (Wildman–Crippen LogP) is 4.03. The van der Waals surface area contributed by atoms with Crippen molar-refractivity contribution in [3.05, 3.63) is 65.6 Å². The van der Waals surface area contributed by atoms with Gasteiger partial charge in [0.1, 0.15) is 5.65 Å². The first-order valence-electron chi connectivity index (χ1n) is 8.53. The lowest BCUT2D eigenvalue weighted by atomic mass is 10.2. The normalized spacial score (nSPS) is 10.6. The molecule has 3 heterocycles. The van der Waals surface area contributed by atoms with Crippen LogP contribution in [0.3, 0.4) is 0 Å². The lowest BCUT2D eigenvalue weighted by Gasteiger charge is -2.04. The number of carbonyl (C=O) groups is 1. The van der Waals surface area contributed by atoms with Crippen LogP contribution in [-0.4, -0.2) is 20.3 Å². The number of aryl methyl sites for hydroxylation is 2. The Kier molecular flexibility index (Phi) is 4.51. The molecular weight excluding hydrogens is 372 g/mol. The van der Waals surface area contributed by atoms with Crippen molar-refractivity contribution in [1.82, 2.24) is 19.7 Å². The standard InChI is InChI=1S/C20H16N6OS/c1-12-3-8-17-24-13(2)18(26(17)10-12)16-9-22-20(28-16)25-15-6-4-14(5-7-15)19(27)23-11-21/h3-10H,1-2H3,(H,22,25)(H,23,27). The van der Waals surface area contributed by atoms with Crippen LogP contribution >= 0.6 is 11.3 Å². The summed E-state index contributed by atoms with van der Waals surface area (Å²) in [6.07, 6.45) is 5.53. The molecule has 0 aliphatic carbocycles. The summed E-state index contributed by atoms with van der Waals surface area (Å²) >= 11 is 1.53. The number of nitrogens with one attached hydrogen (secondary N) is 2. The molecule has 0 atom stereocenters. The number of rotatable bonds is 4. The maximum absolute atomic E-state index is 11.6. The quantitative estimate of drug-likeness (QED) is 0.406. The van der Waals surface area contributed by atoms with Crippen LogP contribution in [0.25, 0.3) is 16.2 Å². The van der Waals surface area contributed by atoms with Crippen molar-refractivity contribution < 1.29 is 4.79 Å². The number of nitrogens with zero attached hydrogens (tertiary/aromatic N) is 4. The summed E-state index contributed by atoms with van der Waals surface area (Å²) in [7, 11) is 0. The molecule has 8 heteroatoms. The molecule has 0 saturated carbocycles. The van der Waals surface area contributed by atoms with Gasteiger partial charge in [0.05, 0.1) is 16.3 Å². The summed E-state index contributed by atoms with van der Waals surface area (Å²) in [5, 5.41) is 14.6. The molecule has 0 saturated heterocycles. The molecule has 138 valence electrons. The maximum atomic E-state index is 11.6. The summed E-state index contributed by atoms with van der Waals surface area (Å²) < 4.78 is 2.09. The maximum Gasteiger partial charge on any atom is 0.264 e. The van der Waals surface area contributed by atoms with Gasteiger partial charge in [0.15, 0.2) is 11.3 Å². The first-order valence-corrected chi connectivity index (χ1v) is 9.35. The average Bonchev–Trinajstić information content (AvgIpc) is 3.25. The number of aromatic nitrogens is 3. The lowest BCUT2D eigenvalue weighted by molar-refractivity contribution is 0.0973. The fourth-order valence-electron chi connectivity index (χ4n) is 2.96. The Bertz CT molecular complexity index is 1220. The van der Waals surface area contributed by atoms with Crippen LogP contribution in [0.1, 0.15) is 21.6 Å². The smallest absolute Gasteiger partial charge is 0.264 e. The van der Waals surface area contributed by atoms with Gasteiger partial charge in [-0.05, 0) is 49.7 Å². The number of fused-ring (bicyclic) bond motifs is 1. The minimum atomic E-state index is -0.427. The van der Waals surface area contributed by atoms with Crippen molar-refractivity contribution in [1.29, 1.82) is 5.26 Å². The zero-order valence-corrected chi connectivity index (χ0v) is 16.0. The van der Waals surface area contributed by atoms with Gasteiger partial charge in [-0.1, -0.05) is 17.4 Å². The van der Waals surface area contributed by atoms with Crippen LogP contribution in [0, 0.1) is 25.3 Å². The molecule has 0 fully saturated rings. The second-order valence-electron chi connectivity index (χ2n) is 6.28. The third-order valence-corrected chi connectivity index (χ3v) is 5.17. The number of thiazole rings is 1. The number of pyridine rings is 1. The molecule has 0 unspecified atom stereocenters. The SMILES string of the molecule is Cc1ccc2nc(C)c(-c3cnc(Nc4ccc(C(=O)NC#N)cc4)s3)n2c1. The van der Waals surface area contributed by atoms with Gasteiger partial charge in [0.2, 0.25) is 0 Å². The van der Waals surface area contributed by atoms with Gasteiger partial charge < -0.3 is 5.32 Å². The van der Waals surface area contributed by atoms with Gasteiger partial charge in [-0.15, -0.1) is 0 Å². The van der Waals surface area contributed by atoms with Crippen molar-refractivity contribution >= 4 is 33.7 Å². The second-order valence-corrected chi connectivity index (χ2v) is 7.31. The largest absolute Gasteiger partial charge is 0.332 e. The lowest BCUT2D eigenvalue weighted by Crippen LogP contribution is -2.16. The molecule has 7 nitrogen and oxygen atoms in total. The van der Waals surface area contributed by atoms with Crippen LogP contribution in [0.4, 0.5) is 10.8 Å². The average molecular weight is 388 g/mol. The van der Waals surface area contributed by atoms with Gasteiger partial charge in [-0.3, -0.25) is 14.5 Å². The van der Waals surface area contributed by atoms with Crippen molar-refractivity contribution in [3.63, 3.8) is 0 Å². The highest BCUT2D eigenvalue weighted by Gasteiger charge is 2.14. The Hall–Kier alpha value is -3.70. The molecule has 0 radical (unpaired) electrons. The van der Waals surface area contributed by atoms with Crippen LogP contribution < -0.4 is 10.6 Å². The number of hydrogen-bond donors (Lipinski definition) is 2. The third-order valence-electron chi connectivity index (χ3n) is 4.25. The highest BCUT2D eigenvalue weighted by molar-refractivity contribution is 7.18. The molecule has 2 N–H and O–H groups in total. The molecule has 0 spiro atoms. The zero-order chi connectivity index (χ0) is 19.7. The molecular formula is C20H16N6OS. The summed E-state index contributed by atoms with van der Waals surface area (Å²) in [5.74, 6) is -0.427. The molecule has 0 aliphatic rings. The van der Waals surface area contributed by atoms with Crippen LogP contribution in [0.5, 0.6) is 0 Å². The summed E-state index contributed by atoms with van der Waals surface area (Å²) in [6, 6.07) is 10.9. The van der Waals surface area contributed by atoms with Crippen LogP contribution in [-0.2, 0) is 0 Å². The first kappa shape index (κ1) is 17.7. The highest BCUT2D eigenvalue weighted by atomic mass is 32.1. The van der Waals surface area contributed by atoms with E-state index in [1.165, 1.54) is 11.3 Å². The number of anilines is 2. The Labute approximate surface area is 165 Å². The molecule has 28 heavy (non-hydrogen) atoms. The fourth-order valence-corrected chi connectivity index (χ4v) is 3.89. The Morgan fingerprint density at radius 2 is 1.96 bits per heavy atom. The van der Waals surface area contributed by atoms with E-state index in [-0.39, 0.29) is 0 Å². The Morgan fingerprint density at radius 3 is 2.71 bits per heavy atom. The molecule has 0 bridgehead atoms. The number of benzene rings is 1. The van der Waals surface area contributed by atoms with E-state index in [2.05, 4.69) is 38.1 Å². The number of amides is 1. The van der Waals surface area contributed by atoms with Crippen LogP contribution in [0.2, 0.25) is 0 Å². The second kappa shape index (κ2) is 7.13. The first-order chi connectivity index (χ1) is 13.5. The number of carbonyl (C=O) groups excluding carboxylic acids is 1. The van der Waals surface area contributed by atoms with E-state index in [9.17, 15) is 4.79 Å². The molecule has 4 aromatic rings. The molecule has 4 rings (SSSR count). The fraction of sp³-hybridized carbons (Fsp3) is 0.100. The van der Waals surface area contributed by atoms with Gasteiger partial charge >= 0.3 is 0 Å². The molecule has 1 amide bonds. The number of hydrogen-bond acceptors (Lipinski definition) is 6. The van der Waals surface area contributed by atoms with Gasteiger partial charge in [-0.25, -0.2) is 9.97 Å². The number of imidazole rings is 1. The summed E-state index contributed by atoms with van der Waals surface area (Å²) in [5.41, 5.74) is 5.28. The van der Waals surface area contributed by atoms with Gasteiger partial charge in [-0.2, -0.15) is 5.26 Å². The Balaban J connectivity index is 1.59. The third kappa shape index (κ3) is 3.31. The zero-order valence-electron chi connectivity index (χ0n) is 15.2. The van der Waals surface area contributed by atoms with Crippen LogP contribution in [0.15, 0.2) is 48.8 Å². The molecule has 1 aromatic carbocycles. The topological polar surface area (TPSA) is 95.1 Å². The molecule has 3 aromatic heterocycles. The summed E-state index contributed by atoms with van der Waals surface area (Å²) in [6.45, 7) is 4.05. The molecule has 0 aliphatic heterocycles. The minimum absolute atomic E-state index is 0.420. The Morgan fingerprint density at radius 1 is 1.18 bits per heavy atom.